The number of halogens is 1. The van der Waals surface area contributed by atoms with Gasteiger partial charge in [0.25, 0.3) is 0 Å². The van der Waals surface area contributed by atoms with Crippen LogP contribution in [0.5, 0.6) is 0 Å². The van der Waals surface area contributed by atoms with Gasteiger partial charge in [0.1, 0.15) is 0 Å². The highest BCUT2D eigenvalue weighted by Gasteiger charge is 2.11. The maximum atomic E-state index is 10.8. The van der Waals surface area contributed by atoms with Gasteiger partial charge in [0.2, 0.25) is 0 Å². The maximum Gasteiger partial charge on any atom is 0.304 e. The second-order valence-corrected chi connectivity index (χ2v) is 4.67. The van der Waals surface area contributed by atoms with Crippen molar-refractivity contribution < 1.29 is 18.3 Å². The molecule has 0 saturated heterocycles. The first-order valence-electron chi connectivity index (χ1n) is 2.96. The molecule has 4 nitrogen and oxygen atoms in total. The monoisotopic (exact) mass is 200 g/mol. The van der Waals surface area contributed by atoms with Crippen LogP contribution in [-0.4, -0.2) is 36.9 Å². The molecule has 0 heterocycles. The van der Waals surface area contributed by atoms with Gasteiger partial charge in [0, 0.05) is 5.88 Å². The molecular weight excluding hydrogens is 192 g/mol. The molecule has 0 rings (SSSR count). The fraction of sp³-hybridized carbons (Fsp3) is 0.800. The van der Waals surface area contributed by atoms with Crippen LogP contribution >= 0.6 is 11.6 Å². The Morgan fingerprint density at radius 2 is 1.91 bits per heavy atom. The minimum Gasteiger partial charge on any atom is -0.481 e. The Labute approximate surface area is 70.1 Å². The third kappa shape index (κ3) is 6.12. The van der Waals surface area contributed by atoms with Gasteiger partial charge in [-0.15, -0.1) is 11.6 Å². The quantitative estimate of drug-likeness (QED) is 0.640. The van der Waals surface area contributed by atoms with E-state index in [9.17, 15) is 13.2 Å². The lowest BCUT2D eigenvalue weighted by atomic mass is 10.5. The Bertz CT molecular complexity index is 221. The molecule has 0 radical (unpaired) electrons. The Hall–Kier alpha value is -0.290. The lowest BCUT2D eigenvalue weighted by Gasteiger charge is -1.97. The number of carboxylic acid groups (broad SMARTS) is 1. The SMILES string of the molecule is O=C(O)CCS(=O)(=O)CCCl. The average molecular weight is 201 g/mol. The Morgan fingerprint density at radius 3 is 2.27 bits per heavy atom. The molecule has 0 aliphatic carbocycles. The number of aliphatic carboxylic acids is 1. The summed E-state index contributed by atoms with van der Waals surface area (Å²) in [7, 11) is -3.24. The fourth-order valence-corrected chi connectivity index (χ4v) is 2.09. The minimum absolute atomic E-state index is 0.0158. The van der Waals surface area contributed by atoms with Gasteiger partial charge in [0.15, 0.2) is 9.84 Å². The van der Waals surface area contributed by atoms with Crippen LogP contribution < -0.4 is 0 Å². The molecule has 0 aromatic heterocycles. The zero-order chi connectivity index (χ0) is 8.91. The molecule has 0 aromatic carbocycles. The number of hydrogen-bond acceptors (Lipinski definition) is 3. The third-order valence-electron chi connectivity index (χ3n) is 1.02. The van der Waals surface area contributed by atoms with E-state index in [1.54, 1.807) is 0 Å². The summed E-state index contributed by atoms with van der Waals surface area (Å²) in [6, 6.07) is 0. The lowest BCUT2D eigenvalue weighted by molar-refractivity contribution is -0.136. The van der Waals surface area contributed by atoms with Crippen molar-refractivity contribution in [2.75, 3.05) is 17.4 Å². The van der Waals surface area contributed by atoms with Crippen LogP contribution in [0, 0.1) is 0 Å². The highest BCUT2D eigenvalue weighted by atomic mass is 35.5. The lowest BCUT2D eigenvalue weighted by Crippen LogP contribution is -2.14. The van der Waals surface area contributed by atoms with E-state index in [1.807, 2.05) is 0 Å². The molecule has 6 heteroatoms. The number of carboxylic acids is 1. The maximum absolute atomic E-state index is 10.8. The molecule has 0 aliphatic heterocycles. The van der Waals surface area contributed by atoms with Crippen LogP contribution in [0.3, 0.4) is 0 Å². The second kappa shape index (κ2) is 4.56. The zero-order valence-corrected chi connectivity index (χ0v) is 7.36. The van der Waals surface area contributed by atoms with E-state index in [4.69, 9.17) is 16.7 Å². The summed E-state index contributed by atoms with van der Waals surface area (Å²) in [4.78, 5) is 9.95. The predicted octanol–water partition coefficient (Wildman–Crippen LogP) is 0.115. The number of alkyl halides is 1. The van der Waals surface area contributed by atoms with Crippen molar-refractivity contribution >= 4 is 27.4 Å². The molecule has 0 spiro atoms. The Kier molecular flexibility index (Phi) is 4.44. The summed E-state index contributed by atoms with van der Waals surface area (Å²) in [6.45, 7) is 0. The van der Waals surface area contributed by atoms with E-state index < -0.39 is 15.8 Å². The Balaban J connectivity index is 3.84. The van der Waals surface area contributed by atoms with Crippen molar-refractivity contribution in [3.8, 4) is 0 Å². The van der Waals surface area contributed by atoms with Gasteiger partial charge >= 0.3 is 5.97 Å². The zero-order valence-electron chi connectivity index (χ0n) is 5.79. The van der Waals surface area contributed by atoms with Gasteiger partial charge in [-0.25, -0.2) is 8.42 Å². The van der Waals surface area contributed by atoms with Crippen molar-refractivity contribution in [3.05, 3.63) is 0 Å². The number of hydrogen-bond donors (Lipinski definition) is 1. The van der Waals surface area contributed by atoms with E-state index >= 15 is 0 Å². The molecule has 0 atom stereocenters. The van der Waals surface area contributed by atoms with Crippen molar-refractivity contribution in [2.24, 2.45) is 0 Å². The third-order valence-corrected chi connectivity index (χ3v) is 3.08. The van der Waals surface area contributed by atoms with Gasteiger partial charge in [-0.05, 0) is 0 Å². The van der Waals surface area contributed by atoms with E-state index in [0.29, 0.717) is 0 Å². The summed E-state index contributed by atoms with van der Waals surface area (Å²) < 4.78 is 21.6. The molecular formula is C5H9ClO4S. The van der Waals surface area contributed by atoms with Crippen LogP contribution in [-0.2, 0) is 14.6 Å². The normalized spacial score (nSPS) is 11.4. The van der Waals surface area contributed by atoms with Gasteiger partial charge in [0.05, 0.1) is 17.9 Å². The molecule has 0 unspecified atom stereocenters. The van der Waals surface area contributed by atoms with E-state index in [0.717, 1.165) is 0 Å². The fourth-order valence-electron chi connectivity index (χ4n) is 0.462. The van der Waals surface area contributed by atoms with E-state index in [-0.39, 0.29) is 23.8 Å². The topological polar surface area (TPSA) is 71.4 Å². The summed E-state index contributed by atoms with van der Waals surface area (Å²) in [5.41, 5.74) is 0. The van der Waals surface area contributed by atoms with Gasteiger partial charge in [-0.2, -0.15) is 0 Å². The molecule has 0 saturated carbocycles. The first kappa shape index (κ1) is 10.7. The highest BCUT2D eigenvalue weighted by molar-refractivity contribution is 7.91. The molecule has 0 bridgehead atoms. The predicted molar refractivity (Wildman–Crippen MR) is 41.6 cm³/mol. The molecule has 0 amide bonds. The summed E-state index contributed by atoms with van der Waals surface area (Å²) >= 11 is 5.17. The highest BCUT2D eigenvalue weighted by Crippen LogP contribution is 1.95. The standard InChI is InChI=1S/C5H9ClO4S/c6-2-4-11(9,10)3-1-5(7)8/h1-4H2,(H,7,8). The van der Waals surface area contributed by atoms with Crippen LogP contribution in [0.1, 0.15) is 6.42 Å². The number of rotatable bonds is 5. The molecule has 0 fully saturated rings. The van der Waals surface area contributed by atoms with Crippen molar-refractivity contribution in [2.45, 2.75) is 6.42 Å². The van der Waals surface area contributed by atoms with E-state index in [1.165, 1.54) is 0 Å². The summed E-state index contributed by atoms with van der Waals surface area (Å²) in [6.07, 6.45) is -0.348. The van der Waals surface area contributed by atoms with Crippen LogP contribution in [0.2, 0.25) is 0 Å². The van der Waals surface area contributed by atoms with Crippen LogP contribution in [0.4, 0.5) is 0 Å². The van der Waals surface area contributed by atoms with Crippen LogP contribution in [0.15, 0.2) is 0 Å². The Morgan fingerprint density at radius 1 is 1.36 bits per heavy atom. The smallest absolute Gasteiger partial charge is 0.304 e. The molecule has 1 N–H and O–H groups in total. The largest absolute Gasteiger partial charge is 0.481 e. The average Bonchev–Trinajstić information content (AvgIpc) is 1.84. The first-order valence-corrected chi connectivity index (χ1v) is 5.32. The molecule has 0 aromatic rings. The van der Waals surface area contributed by atoms with Crippen molar-refractivity contribution in [1.29, 1.82) is 0 Å². The number of sulfone groups is 1. The molecule has 0 aliphatic rings. The van der Waals surface area contributed by atoms with E-state index in [2.05, 4.69) is 0 Å². The second-order valence-electron chi connectivity index (χ2n) is 1.98. The van der Waals surface area contributed by atoms with Crippen LogP contribution in [0.25, 0.3) is 0 Å². The summed E-state index contributed by atoms with van der Waals surface area (Å²) in [5.74, 6) is -1.57. The minimum atomic E-state index is -3.24. The first-order chi connectivity index (χ1) is 4.98. The van der Waals surface area contributed by atoms with Gasteiger partial charge in [-0.1, -0.05) is 0 Å². The number of carbonyl (C=O) groups is 1. The van der Waals surface area contributed by atoms with Crippen molar-refractivity contribution in [1.82, 2.24) is 0 Å². The molecule has 11 heavy (non-hydrogen) atoms. The summed E-state index contributed by atoms with van der Waals surface area (Å²) in [5, 5.41) is 8.15. The van der Waals surface area contributed by atoms with Gasteiger partial charge < -0.3 is 5.11 Å². The van der Waals surface area contributed by atoms with Gasteiger partial charge in [-0.3, -0.25) is 4.79 Å². The van der Waals surface area contributed by atoms with Crippen molar-refractivity contribution in [3.63, 3.8) is 0 Å². The molecule has 66 valence electrons.